The average Bonchev–Trinajstić information content (AvgIpc) is 2.62. The van der Waals surface area contributed by atoms with Crippen molar-refractivity contribution in [2.75, 3.05) is 19.6 Å². The lowest BCUT2D eigenvalue weighted by molar-refractivity contribution is 0.205. The molecule has 4 nitrogen and oxygen atoms in total. The molecule has 16 heavy (non-hydrogen) atoms. The molecule has 1 heterocycles. The van der Waals surface area contributed by atoms with Crippen molar-refractivity contribution in [3.8, 4) is 0 Å². The highest BCUT2D eigenvalue weighted by Crippen LogP contribution is 2.25. The number of hydrogen-bond acceptors (Lipinski definition) is 2. The summed E-state index contributed by atoms with van der Waals surface area (Å²) < 4.78 is 13.6. The molecule has 1 fully saturated rings. The molecule has 1 saturated heterocycles. The Morgan fingerprint density at radius 2 is 2.25 bits per heavy atom. The number of nitrogens with one attached hydrogen (secondary N) is 1. The summed E-state index contributed by atoms with van der Waals surface area (Å²) in [5.74, 6) is -0.286. The summed E-state index contributed by atoms with van der Waals surface area (Å²) in [5, 5.41) is 2.69. The summed E-state index contributed by atoms with van der Waals surface area (Å²) in [6, 6.07) is 6.07. The first-order valence-corrected chi connectivity index (χ1v) is 5.23. The monoisotopic (exact) mass is 223 g/mol. The Morgan fingerprint density at radius 1 is 1.50 bits per heavy atom. The van der Waals surface area contributed by atoms with Gasteiger partial charge in [-0.25, -0.2) is 9.18 Å². The highest BCUT2D eigenvalue weighted by molar-refractivity contribution is 5.77. The molecular formula is C11H14FN3O. The molecule has 0 aromatic heterocycles. The van der Waals surface area contributed by atoms with Gasteiger partial charge in [0.05, 0.1) is 6.04 Å². The van der Waals surface area contributed by atoms with Crippen molar-refractivity contribution in [1.82, 2.24) is 10.2 Å². The molecule has 1 aromatic carbocycles. The van der Waals surface area contributed by atoms with Crippen LogP contribution in [0.3, 0.4) is 0 Å². The normalized spacial score (nSPS) is 20.0. The van der Waals surface area contributed by atoms with Gasteiger partial charge in [-0.15, -0.1) is 0 Å². The number of urea groups is 1. The fourth-order valence-electron chi connectivity index (χ4n) is 1.96. The van der Waals surface area contributed by atoms with Crippen molar-refractivity contribution in [2.24, 2.45) is 5.73 Å². The molecule has 0 bridgehead atoms. The van der Waals surface area contributed by atoms with Gasteiger partial charge < -0.3 is 16.0 Å². The van der Waals surface area contributed by atoms with E-state index >= 15 is 0 Å². The highest BCUT2D eigenvalue weighted by Gasteiger charge is 2.32. The average molecular weight is 223 g/mol. The number of hydrogen-bond donors (Lipinski definition) is 2. The summed E-state index contributed by atoms with van der Waals surface area (Å²) in [6.07, 6.45) is 0. The third-order valence-electron chi connectivity index (χ3n) is 2.72. The van der Waals surface area contributed by atoms with E-state index in [9.17, 15) is 9.18 Å². The maximum absolute atomic E-state index is 13.6. The van der Waals surface area contributed by atoms with Crippen LogP contribution >= 0.6 is 0 Å². The second kappa shape index (κ2) is 4.49. The molecule has 1 aliphatic heterocycles. The van der Waals surface area contributed by atoms with E-state index in [4.69, 9.17) is 5.73 Å². The quantitative estimate of drug-likeness (QED) is 0.798. The SMILES string of the molecule is NCCN1C(=O)NCC1c1ccccc1F. The van der Waals surface area contributed by atoms with Gasteiger partial charge in [0.15, 0.2) is 0 Å². The van der Waals surface area contributed by atoms with Crippen molar-refractivity contribution in [3.63, 3.8) is 0 Å². The molecule has 0 saturated carbocycles. The fraction of sp³-hybridized carbons (Fsp3) is 0.364. The minimum atomic E-state index is -0.286. The number of rotatable bonds is 3. The van der Waals surface area contributed by atoms with Crippen molar-refractivity contribution >= 4 is 6.03 Å². The van der Waals surface area contributed by atoms with Gasteiger partial charge in [0.1, 0.15) is 5.82 Å². The minimum absolute atomic E-state index is 0.182. The van der Waals surface area contributed by atoms with Crippen LogP contribution in [0.25, 0.3) is 0 Å². The largest absolute Gasteiger partial charge is 0.336 e. The predicted molar refractivity (Wildman–Crippen MR) is 58.3 cm³/mol. The number of nitrogens with zero attached hydrogens (tertiary/aromatic N) is 1. The van der Waals surface area contributed by atoms with Crippen molar-refractivity contribution in [1.29, 1.82) is 0 Å². The lowest BCUT2D eigenvalue weighted by atomic mass is 10.1. The van der Waals surface area contributed by atoms with Crippen molar-refractivity contribution < 1.29 is 9.18 Å². The molecule has 2 rings (SSSR count). The van der Waals surface area contributed by atoms with E-state index in [-0.39, 0.29) is 17.9 Å². The molecule has 2 amide bonds. The van der Waals surface area contributed by atoms with Crippen LogP contribution in [0.1, 0.15) is 11.6 Å². The summed E-state index contributed by atoms with van der Waals surface area (Å²) in [4.78, 5) is 13.1. The maximum Gasteiger partial charge on any atom is 0.318 e. The third kappa shape index (κ3) is 1.86. The Morgan fingerprint density at radius 3 is 2.94 bits per heavy atom. The van der Waals surface area contributed by atoms with Gasteiger partial charge in [-0.2, -0.15) is 0 Å². The number of nitrogens with two attached hydrogens (primary N) is 1. The van der Waals surface area contributed by atoms with Crippen LogP contribution in [0.2, 0.25) is 0 Å². The molecule has 1 aromatic rings. The van der Waals surface area contributed by atoms with Crippen molar-refractivity contribution in [3.05, 3.63) is 35.6 Å². The smallest absolute Gasteiger partial charge is 0.318 e. The predicted octanol–water partition coefficient (Wildman–Crippen LogP) is 0.851. The maximum atomic E-state index is 13.6. The van der Waals surface area contributed by atoms with E-state index in [2.05, 4.69) is 5.32 Å². The van der Waals surface area contributed by atoms with Gasteiger partial charge in [0.25, 0.3) is 0 Å². The number of carbonyl (C=O) groups excluding carboxylic acids is 1. The summed E-state index contributed by atoms with van der Waals surface area (Å²) >= 11 is 0. The molecule has 1 atom stereocenters. The Labute approximate surface area is 93.2 Å². The van der Waals surface area contributed by atoms with Gasteiger partial charge in [-0.3, -0.25) is 0 Å². The number of carbonyl (C=O) groups is 1. The molecule has 0 aliphatic carbocycles. The van der Waals surface area contributed by atoms with E-state index in [1.165, 1.54) is 6.07 Å². The van der Waals surface area contributed by atoms with Crippen LogP contribution in [0.5, 0.6) is 0 Å². The van der Waals surface area contributed by atoms with Crippen LogP contribution in [0.4, 0.5) is 9.18 Å². The standard InChI is InChI=1S/C11H14FN3O/c12-9-4-2-1-3-8(9)10-7-14-11(16)15(10)6-5-13/h1-4,10H,5-7,13H2,(H,14,16). The zero-order chi connectivity index (χ0) is 11.5. The summed E-state index contributed by atoms with van der Waals surface area (Å²) in [6.45, 7) is 1.24. The first-order valence-electron chi connectivity index (χ1n) is 5.23. The zero-order valence-corrected chi connectivity index (χ0v) is 8.82. The molecule has 0 radical (unpaired) electrons. The van der Waals surface area contributed by atoms with Crippen LogP contribution in [-0.4, -0.2) is 30.6 Å². The van der Waals surface area contributed by atoms with Crippen molar-refractivity contribution in [2.45, 2.75) is 6.04 Å². The third-order valence-corrected chi connectivity index (χ3v) is 2.72. The van der Waals surface area contributed by atoms with Gasteiger partial charge in [0, 0.05) is 25.2 Å². The van der Waals surface area contributed by atoms with Gasteiger partial charge in [0.2, 0.25) is 0 Å². The Kier molecular flexibility index (Phi) is 3.05. The number of halogens is 1. The van der Waals surface area contributed by atoms with Gasteiger partial charge in [-0.05, 0) is 6.07 Å². The van der Waals surface area contributed by atoms with Gasteiger partial charge >= 0.3 is 6.03 Å². The van der Waals surface area contributed by atoms with E-state index in [1.807, 2.05) is 0 Å². The minimum Gasteiger partial charge on any atom is -0.336 e. The second-order valence-corrected chi connectivity index (χ2v) is 3.71. The van der Waals surface area contributed by atoms with Crippen LogP contribution < -0.4 is 11.1 Å². The lowest BCUT2D eigenvalue weighted by Crippen LogP contribution is -2.34. The van der Waals surface area contributed by atoms with E-state index in [0.29, 0.717) is 25.2 Å². The Balaban J connectivity index is 2.27. The number of benzene rings is 1. The Bertz CT molecular complexity index is 397. The Hall–Kier alpha value is -1.62. The van der Waals surface area contributed by atoms with Crippen LogP contribution in [-0.2, 0) is 0 Å². The topological polar surface area (TPSA) is 58.4 Å². The zero-order valence-electron chi connectivity index (χ0n) is 8.82. The fourth-order valence-corrected chi connectivity index (χ4v) is 1.96. The molecule has 1 unspecified atom stereocenters. The molecule has 86 valence electrons. The lowest BCUT2D eigenvalue weighted by Gasteiger charge is -2.22. The summed E-state index contributed by atoms with van der Waals surface area (Å²) in [5.41, 5.74) is 5.97. The molecule has 3 N–H and O–H groups in total. The molecule has 5 heteroatoms. The van der Waals surface area contributed by atoms with E-state index < -0.39 is 0 Å². The van der Waals surface area contributed by atoms with E-state index in [0.717, 1.165) is 0 Å². The first kappa shape index (κ1) is 10.9. The number of amides is 2. The highest BCUT2D eigenvalue weighted by atomic mass is 19.1. The van der Waals surface area contributed by atoms with E-state index in [1.54, 1.807) is 23.1 Å². The second-order valence-electron chi connectivity index (χ2n) is 3.71. The van der Waals surface area contributed by atoms with Crippen LogP contribution in [0, 0.1) is 5.82 Å². The van der Waals surface area contributed by atoms with Crippen LogP contribution in [0.15, 0.2) is 24.3 Å². The first-order chi connectivity index (χ1) is 7.74. The van der Waals surface area contributed by atoms with Gasteiger partial charge in [-0.1, -0.05) is 18.2 Å². The summed E-state index contributed by atoms with van der Waals surface area (Å²) in [7, 11) is 0. The molecule has 0 spiro atoms. The molecule has 1 aliphatic rings. The molecular weight excluding hydrogens is 209 g/mol.